The number of hydrogen-bond donors (Lipinski definition) is 2. The molecule has 0 amide bonds. The van der Waals surface area contributed by atoms with Crippen molar-refractivity contribution in [1.82, 2.24) is 15.5 Å². The van der Waals surface area contributed by atoms with Crippen molar-refractivity contribution >= 4 is 0 Å². The fourth-order valence-electron chi connectivity index (χ4n) is 1.05. The summed E-state index contributed by atoms with van der Waals surface area (Å²) < 4.78 is 0. The van der Waals surface area contributed by atoms with Gasteiger partial charge in [-0.2, -0.15) is 0 Å². The van der Waals surface area contributed by atoms with Crippen molar-refractivity contribution in [2.24, 2.45) is 0 Å². The Hall–Kier alpha value is -0.120. The van der Waals surface area contributed by atoms with Crippen LogP contribution in [0.4, 0.5) is 0 Å². The van der Waals surface area contributed by atoms with E-state index in [2.05, 4.69) is 29.5 Å². The van der Waals surface area contributed by atoms with Gasteiger partial charge in [-0.15, -0.1) is 0 Å². The van der Waals surface area contributed by atoms with E-state index in [1.165, 1.54) is 0 Å². The van der Waals surface area contributed by atoms with Crippen molar-refractivity contribution < 1.29 is 0 Å². The number of hydrogen-bond acceptors (Lipinski definition) is 3. The van der Waals surface area contributed by atoms with Gasteiger partial charge in [-0.3, -0.25) is 0 Å². The maximum atomic E-state index is 3.48. The highest BCUT2D eigenvalue weighted by Crippen LogP contribution is 1.89. The molecule has 1 heterocycles. The summed E-state index contributed by atoms with van der Waals surface area (Å²) in [4.78, 5) is 2.32. The summed E-state index contributed by atoms with van der Waals surface area (Å²) >= 11 is 0. The molecule has 2 N–H and O–H groups in total. The van der Waals surface area contributed by atoms with Gasteiger partial charge in [0.05, 0.1) is 0 Å². The van der Waals surface area contributed by atoms with E-state index >= 15 is 0 Å². The van der Waals surface area contributed by atoms with Gasteiger partial charge < -0.3 is 15.5 Å². The molecule has 0 atom stereocenters. The van der Waals surface area contributed by atoms with Crippen LogP contribution in [-0.2, 0) is 0 Å². The molecule has 3 nitrogen and oxygen atoms in total. The van der Waals surface area contributed by atoms with Crippen LogP contribution in [0.25, 0.3) is 0 Å². The first kappa shape index (κ1) is 8.97. The molecule has 0 radical (unpaired) electrons. The molecule has 1 saturated heterocycles. The van der Waals surface area contributed by atoms with Gasteiger partial charge in [0.15, 0.2) is 0 Å². The van der Waals surface area contributed by atoms with Gasteiger partial charge in [0.2, 0.25) is 0 Å². The number of nitrogens with zero attached hydrogens (tertiary/aromatic N) is 1. The van der Waals surface area contributed by atoms with E-state index < -0.39 is 0 Å². The Morgan fingerprint density at radius 2 is 2.27 bits per heavy atom. The lowest BCUT2D eigenvalue weighted by Gasteiger charge is -2.28. The average Bonchev–Trinajstić information content (AvgIpc) is 1.94. The molecule has 0 spiro atoms. The summed E-state index contributed by atoms with van der Waals surface area (Å²) in [6.45, 7) is 7.91. The molecule has 1 aliphatic heterocycles. The molecule has 0 bridgehead atoms. The van der Waals surface area contributed by atoms with Crippen LogP contribution in [0.3, 0.4) is 0 Å². The number of likely N-dealkylation sites (N-methyl/N-ethyl adjacent to an activating group) is 1. The van der Waals surface area contributed by atoms with Gasteiger partial charge in [0.25, 0.3) is 0 Å². The fourth-order valence-corrected chi connectivity index (χ4v) is 1.05. The highest BCUT2D eigenvalue weighted by molar-refractivity contribution is 4.81. The molecule has 0 aliphatic carbocycles. The first-order chi connectivity index (χ1) is 5.33. The maximum absolute atomic E-state index is 3.48. The summed E-state index contributed by atoms with van der Waals surface area (Å²) in [5.41, 5.74) is 0. The minimum Gasteiger partial charge on any atom is -0.314 e. The zero-order valence-electron chi connectivity index (χ0n) is 7.56. The van der Waals surface area contributed by atoms with Gasteiger partial charge >= 0.3 is 0 Å². The second kappa shape index (κ2) is 4.70. The van der Waals surface area contributed by atoms with Gasteiger partial charge in [-0.05, 0) is 13.6 Å². The monoisotopic (exact) mass is 157 g/mol. The lowest BCUT2D eigenvalue weighted by atomic mass is 10.2. The standard InChI is InChI=1S/C8H19N3/c1-3-11(2)5-4-10-8-6-9-7-8/h8-10H,3-7H2,1-2H3. The molecule has 1 rings (SSSR count). The molecule has 0 aromatic rings. The summed E-state index contributed by atoms with van der Waals surface area (Å²) in [5.74, 6) is 0. The molecule has 1 fully saturated rings. The summed E-state index contributed by atoms with van der Waals surface area (Å²) in [7, 11) is 2.15. The first-order valence-electron chi connectivity index (χ1n) is 4.45. The van der Waals surface area contributed by atoms with Crippen molar-refractivity contribution in [3.63, 3.8) is 0 Å². The van der Waals surface area contributed by atoms with E-state index in [9.17, 15) is 0 Å². The highest BCUT2D eigenvalue weighted by atomic mass is 15.1. The molecule has 0 aromatic carbocycles. The van der Waals surface area contributed by atoms with Gasteiger partial charge in [0, 0.05) is 32.2 Å². The molecule has 0 unspecified atom stereocenters. The Labute approximate surface area is 69.1 Å². The minimum absolute atomic E-state index is 0.736. The summed E-state index contributed by atoms with van der Waals surface area (Å²) in [5, 5.41) is 6.72. The van der Waals surface area contributed by atoms with Gasteiger partial charge in [-0.25, -0.2) is 0 Å². The quantitative estimate of drug-likeness (QED) is 0.563. The van der Waals surface area contributed by atoms with Crippen LogP contribution in [0.2, 0.25) is 0 Å². The first-order valence-corrected chi connectivity index (χ1v) is 4.45. The third-order valence-electron chi connectivity index (χ3n) is 2.25. The Bertz CT molecular complexity index is 96.8. The Morgan fingerprint density at radius 1 is 1.55 bits per heavy atom. The minimum atomic E-state index is 0.736. The molecule has 0 saturated carbocycles. The van der Waals surface area contributed by atoms with Gasteiger partial charge in [-0.1, -0.05) is 6.92 Å². The van der Waals surface area contributed by atoms with Gasteiger partial charge in [0.1, 0.15) is 0 Å². The van der Waals surface area contributed by atoms with E-state index in [0.29, 0.717) is 0 Å². The van der Waals surface area contributed by atoms with Crippen molar-refractivity contribution in [3.8, 4) is 0 Å². The maximum Gasteiger partial charge on any atom is 0.0318 e. The third kappa shape index (κ3) is 3.18. The van der Waals surface area contributed by atoms with Crippen LogP contribution in [0.1, 0.15) is 6.92 Å². The van der Waals surface area contributed by atoms with E-state index in [-0.39, 0.29) is 0 Å². The third-order valence-corrected chi connectivity index (χ3v) is 2.25. The van der Waals surface area contributed by atoms with Crippen LogP contribution in [0.15, 0.2) is 0 Å². The predicted molar refractivity (Wildman–Crippen MR) is 47.8 cm³/mol. The highest BCUT2D eigenvalue weighted by Gasteiger charge is 2.14. The molecular weight excluding hydrogens is 138 g/mol. The van der Waals surface area contributed by atoms with Crippen molar-refractivity contribution in [3.05, 3.63) is 0 Å². The topological polar surface area (TPSA) is 27.3 Å². The predicted octanol–water partition coefficient (Wildman–Crippen LogP) is -0.500. The fraction of sp³-hybridized carbons (Fsp3) is 1.00. The Kier molecular flexibility index (Phi) is 3.83. The van der Waals surface area contributed by atoms with Crippen LogP contribution in [0, 0.1) is 0 Å². The van der Waals surface area contributed by atoms with Crippen molar-refractivity contribution in [1.29, 1.82) is 0 Å². The zero-order valence-corrected chi connectivity index (χ0v) is 7.56. The lowest BCUT2D eigenvalue weighted by molar-refractivity contribution is 0.312. The second-order valence-corrected chi connectivity index (χ2v) is 3.21. The van der Waals surface area contributed by atoms with Crippen LogP contribution in [-0.4, -0.2) is 50.7 Å². The summed E-state index contributed by atoms with van der Waals surface area (Å²) in [6.07, 6.45) is 0. The molecular formula is C8H19N3. The zero-order chi connectivity index (χ0) is 8.10. The largest absolute Gasteiger partial charge is 0.314 e. The van der Waals surface area contributed by atoms with E-state index in [4.69, 9.17) is 0 Å². The van der Waals surface area contributed by atoms with Crippen molar-refractivity contribution in [2.45, 2.75) is 13.0 Å². The van der Waals surface area contributed by atoms with E-state index in [1.807, 2.05) is 0 Å². The second-order valence-electron chi connectivity index (χ2n) is 3.21. The molecule has 0 aromatic heterocycles. The van der Waals surface area contributed by atoms with Crippen LogP contribution < -0.4 is 10.6 Å². The van der Waals surface area contributed by atoms with E-state index in [1.54, 1.807) is 0 Å². The number of nitrogens with one attached hydrogen (secondary N) is 2. The van der Waals surface area contributed by atoms with Crippen molar-refractivity contribution in [2.75, 3.05) is 39.8 Å². The van der Waals surface area contributed by atoms with Crippen LogP contribution >= 0.6 is 0 Å². The Morgan fingerprint density at radius 3 is 2.73 bits per heavy atom. The molecule has 11 heavy (non-hydrogen) atoms. The molecule has 1 aliphatic rings. The lowest BCUT2D eigenvalue weighted by Crippen LogP contribution is -2.56. The smallest absolute Gasteiger partial charge is 0.0318 e. The SMILES string of the molecule is CCN(C)CCNC1CNC1. The normalized spacial score (nSPS) is 18.8. The number of rotatable bonds is 5. The Balaban J connectivity index is 1.86. The van der Waals surface area contributed by atoms with E-state index in [0.717, 1.165) is 38.8 Å². The molecule has 3 heteroatoms. The summed E-state index contributed by atoms with van der Waals surface area (Å²) in [6, 6.07) is 0.736. The average molecular weight is 157 g/mol. The van der Waals surface area contributed by atoms with Crippen LogP contribution in [0.5, 0.6) is 0 Å². The molecule has 66 valence electrons.